The minimum atomic E-state index is -0.207. The van der Waals surface area contributed by atoms with E-state index in [1.807, 2.05) is 54.6 Å². The summed E-state index contributed by atoms with van der Waals surface area (Å²) in [5, 5.41) is 11.6. The van der Waals surface area contributed by atoms with Crippen LogP contribution in [0.25, 0.3) is 78.1 Å². The lowest BCUT2D eigenvalue weighted by Gasteiger charge is -2.22. The molecule has 0 N–H and O–H groups in total. The van der Waals surface area contributed by atoms with Gasteiger partial charge >= 0.3 is 0 Å². The van der Waals surface area contributed by atoms with Gasteiger partial charge in [-0.05, 0) is 75.8 Å². The van der Waals surface area contributed by atoms with Crippen LogP contribution in [0.1, 0.15) is 30.5 Å². The van der Waals surface area contributed by atoms with Gasteiger partial charge in [0.2, 0.25) is 0 Å². The second-order valence-electron chi connectivity index (χ2n) is 12.9. The molecule has 0 aliphatic heterocycles. The maximum atomic E-state index is 9.53. The van der Waals surface area contributed by atoms with E-state index in [9.17, 15) is 5.26 Å². The predicted octanol–water partition coefficient (Wildman–Crippen LogP) is 11.2. The van der Waals surface area contributed by atoms with E-state index in [1.165, 1.54) is 22.3 Å². The highest BCUT2D eigenvalue weighted by molar-refractivity contribution is 6.10. The molecule has 9 rings (SSSR count). The zero-order chi connectivity index (χ0) is 32.4. The summed E-state index contributed by atoms with van der Waals surface area (Å²) >= 11 is 0. The van der Waals surface area contributed by atoms with Crippen LogP contribution in [0.2, 0.25) is 0 Å². The Morgan fingerprint density at radius 2 is 1.17 bits per heavy atom. The fourth-order valence-electron chi connectivity index (χ4n) is 7.22. The van der Waals surface area contributed by atoms with Gasteiger partial charge in [0, 0.05) is 27.3 Å². The maximum Gasteiger partial charge on any atom is 0.164 e. The number of rotatable bonds is 4. The van der Waals surface area contributed by atoms with Crippen LogP contribution in [0, 0.1) is 11.3 Å². The summed E-state index contributed by atoms with van der Waals surface area (Å²) in [6.45, 7) is 4.49. The first kappa shape index (κ1) is 28.0. The van der Waals surface area contributed by atoms with E-state index in [-0.39, 0.29) is 5.41 Å². The molecule has 0 unspecified atom stereocenters. The van der Waals surface area contributed by atoms with E-state index in [0.29, 0.717) is 11.4 Å². The fraction of sp³-hybridized carbons (Fsp3) is 0.0682. The van der Waals surface area contributed by atoms with E-state index in [1.54, 1.807) is 0 Å². The van der Waals surface area contributed by atoms with Crippen molar-refractivity contribution in [2.24, 2.45) is 0 Å². The molecular weight excluding hydrogens is 587 g/mol. The minimum Gasteiger partial charge on any atom is -0.455 e. The number of nitrogens with zero attached hydrogens (tertiary/aromatic N) is 3. The van der Waals surface area contributed by atoms with Gasteiger partial charge in [0.15, 0.2) is 5.82 Å². The molecule has 226 valence electrons. The van der Waals surface area contributed by atoms with Gasteiger partial charge in [-0.15, -0.1) is 0 Å². The highest BCUT2D eigenvalue weighted by Crippen LogP contribution is 2.50. The average Bonchev–Trinajstić information content (AvgIpc) is 3.63. The van der Waals surface area contributed by atoms with Gasteiger partial charge in [-0.2, -0.15) is 5.26 Å². The number of para-hydroxylation sites is 1. The fourth-order valence-corrected chi connectivity index (χ4v) is 7.22. The monoisotopic (exact) mass is 615 g/mol. The van der Waals surface area contributed by atoms with Crippen molar-refractivity contribution in [3.05, 3.63) is 156 Å². The molecule has 8 aromatic rings. The molecule has 4 nitrogen and oxygen atoms in total. The average molecular weight is 616 g/mol. The van der Waals surface area contributed by atoms with Crippen molar-refractivity contribution >= 4 is 21.9 Å². The quantitative estimate of drug-likeness (QED) is 0.198. The van der Waals surface area contributed by atoms with Crippen molar-refractivity contribution in [1.82, 2.24) is 9.97 Å². The summed E-state index contributed by atoms with van der Waals surface area (Å²) < 4.78 is 6.58. The van der Waals surface area contributed by atoms with Crippen LogP contribution in [-0.4, -0.2) is 9.97 Å². The molecule has 0 fully saturated rings. The first-order chi connectivity index (χ1) is 23.5. The third kappa shape index (κ3) is 4.36. The smallest absolute Gasteiger partial charge is 0.164 e. The van der Waals surface area contributed by atoms with Gasteiger partial charge in [-0.25, -0.2) is 9.97 Å². The third-order valence-corrected chi connectivity index (χ3v) is 9.74. The van der Waals surface area contributed by atoms with Crippen LogP contribution >= 0.6 is 0 Å². The van der Waals surface area contributed by atoms with Crippen LogP contribution in [0.5, 0.6) is 0 Å². The topological polar surface area (TPSA) is 62.7 Å². The van der Waals surface area contributed by atoms with Crippen LogP contribution in [-0.2, 0) is 5.41 Å². The molecule has 6 aromatic carbocycles. The van der Waals surface area contributed by atoms with E-state index >= 15 is 0 Å². The van der Waals surface area contributed by atoms with Gasteiger partial charge in [0.1, 0.15) is 11.2 Å². The summed E-state index contributed by atoms with van der Waals surface area (Å²) in [5.41, 5.74) is 13.9. The van der Waals surface area contributed by atoms with Gasteiger partial charge in [0.05, 0.1) is 28.6 Å². The van der Waals surface area contributed by atoms with Crippen molar-refractivity contribution in [2.45, 2.75) is 19.3 Å². The number of hydrogen-bond acceptors (Lipinski definition) is 4. The Labute approximate surface area is 278 Å². The molecule has 0 bridgehead atoms. The molecule has 1 aliphatic rings. The highest BCUT2D eigenvalue weighted by atomic mass is 16.3. The number of hydrogen-bond donors (Lipinski definition) is 0. The molecule has 0 radical (unpaired) electrons. The molecule has 2 heterocycles. The van der Waals surface area contributed by atoms with Crippen LogP contribution in [0.4, 0.5) is 0 Å². The molecule has 0 spiro atoms. The number of benzene rings is 6. The second-order valence-corrected chi connectivity index (χ2v) is 12.9. The maximum absolute atomic E-state index is 9.53. The molecule has 0 saturated heterocycles. The van der Waals surface area contributed by atoms with Crippen LogP contribution in [0.15, 0.2) is 144 Å². The number of furan rings is 1. The Bertz CT molecular complexity index is 2530. The van der Waals surface area contributed by atoms with Crippen molar-refractivity contribution in [3.63, 3.8) is 0 Å². The Balaban J connectivity index is 1.17. The number of aromatic nitrogens is 2. The first-order valence-electron chi connectivity index (χ1n) is 16.1. The van der Waals surface area contributed by atoms with Crippen molar-refractivity contribution in [1.29, 1.82) is 5.26 Å². The minimum absolute atomic E-state index is 0.207. The molecule has 4 heteroatoms. The summed E-state index contributed by atoms with van der Waals surface area (Å²) in [5.74, 6) is 0.625. The molecule has 2 aromatic heterocycles. The Hall–Kier alpha value is -6.31. The zero-order valence-corrected chi connectivity index (χ0v) is 26.5. The molecule has 0 saturated carbocycles. The van der Waals surface area contributed by atoms with Crippen LogP contribution < -0.4 is 0 Å². The summed E-state index contributed by atoms with van der Waals surface area (Å²) in [4.78, 5) is 10.1. The molecule has 1 aliphatic carbocycles. The number of nitriles is 1. The normalized spacial score (nSPS) is 12.9. The van der Waals surface area contributed by atoms with Crippen molar-refractivity contribution in [2.75, 3.05) is 0 Å². The third-order valence-electron chi connectivity index (χ3n) is 9.74. The van der Waals surface area contributed by atoms with Crippen molar-refractivity contribution in [3.8, 4) is 62.2 Å². The van der Waals surface area contributed by atoms with E-state index < -0.39 is 0 Å². The van der Waals surface area contributed by atoms with E-state index in [4.69, 9.17) is 14.4 Å². The molecule has 0 amide bonds. The Morgan fingerprint density at radius 3 is 1.85 bits per heavy atom. The molecule has 0 atom stereocenters. The van der Waals surface area contributed by atoms with Crippen molar-refractivity contribution < 1.29 is 4.42 Å². The zero-order valence-electron chi connectivity index (χ0n) is 26.5. The van der Waals surface area contributed by atoms with Gasteiger partial charge < -0.3 is 4.42 Å². The highest BCUT2D eigenvalue weighted by Gasteiger charge is 2.35. The van der Waals surface area contributed by atoms with Crippen LogP contribution in [0.3, 0.4) is 0 Å². The summed E-state index contributed by atoms with van der Waals surface area (Å²) in [6, 6.07) is 50.2. The lowest BCUT2D eigenvalue weighted by molar-refractivity contribution is 0.660. The van der Waals surface area contributed by atoms with Gasteiger partial charge in [-0.1, -0.05) is 111 Å². The number of fused-ring (bicyclic) bond motifs is 6. The largest absolute Gasteiger partial charge is 0.455 e. The van der Waals surface area contributed by atoms with E-state index in [0.717, 1.165) is 61.1 Å². The Morgan fingerprint density at radius 1 is 0.542 bits per heavy atom. The van der Waals surface area contributed by atoms with Gasteiger partial charge in [-0.3, -0.25) is 0 Å². The Kier molecular flexibility index (Phi) is 6.19. The predicted molar refractivity (Wildman–Crippen MR) is 193 cm³/mol. The lowest BCUT2D eigenvalue weighted by Crippen LogP contribution is -2.15. The SMILES string of the molecule is CC1(C)c2cc(C#N)ccc2-c2ccc(-c3ccc4oc5c(-c6nc(-c7ccccc7)cc(-c7ccccc7)n6)cccc5c4c3)cc21. The first-order valence-corrected chi connectivity index (χ1v) is 16.1. The standard InChI is InChI=1S/C44H29N3O/c1-44(2)37-22-27(26-45)16-19-32(37)33-20-17-31(24-38(33)44)30-18-21-41-36(23-30)34-14-9-15-35(42(34)48-41)43-46-39(28-10-5-3-6-11-28)25-40(47-43)29-12-7-4-8-13-29/h3-25H,1-2H3. The van der Waals surface area contributed by atoms with Gasteiger partial charge in [0.25, 0.3) is 0 Å². The summed E-state index contributed by atoms with van der Waals surface area (Å²) in [7, 11) is 0. The molecule has 48 heavy (non-hydrogen) atoms. The summed E-state index contributed by atoms with van der Waals surface area (Å²) in [6.07, 6.45) is 0. The molecular formula is C44H29N3O. The van der Waals surface area contributed by atoms with E-state index in [2.05, 4.69) is 105 Å². The second kappa shape index (κ2) is 10.6. The lowest BCUT2D eigenvalue weighted by atomic mass is 9.81.